The summed E-state index contributed by atoms with van der Waals surface area (Å²) in [7, 11) is 3.74. The van der Waals surface area contributed by atoms with Gasteiger partial charge in [-0.25, -0.2) is 0 Å². The smallest absolute Gasteiger partial charge is 0.193 e. The first-order chi connectivity index (χ1) is 10.8. The topological polar surface area (TPSA) is 46.1 Å². The zero-order chi connectivity index (χ0) is 16.0. The van der Waals surface area contributed by atoms with Gasteiger partial charge in [-0.1, -0.05) is 30.3 Å². The van der Waals surface area contributed by atoms with Gasteiger partial charge in [0.1, 0.15) is 0 Å². The second kappa shape index (κ2) is 14.7. The third-order valence-electron chi connectivity index (χ3n) is 3.10. The van der Waals surface area contributed by atoms with Gasteiger partial charge in [-0.3, -0.25) is 4.99 Å². The van der Waals surface area contributed by atoms with E-state index in [1.54, 1.807) is 7.11 Å². The monoisotopic (exact) mass is 435 g/mol. The van der Waals surface area contributed by atoms with E-state index >= 15 is 0 Å². The van der Waals surface area contributed by atoms with Crippen LogP contribution >= 0.6 is 24.0 Å². The molecule has 0 bridgehead atoms. The minimum absolute atomic E-state index is 0. The van der Waals surface area contributed by atoms with E-state index in [4.69, 9.17) is 9.47 Å². The molecule has 132 valence electrons. The molecule has 6 heteroatoms. The summed E-state index contributed by atoms with van der Waals surface area (Å²) >= 11 is 0. The number of hydrogen-bond acceptors (Lipinski definition) is 3. The maximum absolute atomic E-state index is 5.44. The number of methoxy groups -OCH3 is 1. The molecule has 0 aliphatic rings. The molecule has 0 aromatic heterocycles. The van der Waals surface area contributed by atoms with Crippen molar-refractivity contribution < 1.29 is 9.47 Å². The van der Waals surface area contributed by atoms with Crippen LogP contribution in [0.15, 0.2) is 35.3 Å². The van der Waals surface area contributed by atoms with E-state index in [1.807, 2.05) is 6.07 Å². The minimum atomic E-state index is 0. The normalized spacial score (nSPS) is 11.0. The highest BCUT2D eigenvalue weighted by molar-refractivity contribution is 14.0. The summed E-state index contributed by atoms with van der Waals surface area (Å²) in [6.45, 7) is 6.56. The number of benzene rings is 1. The molecule has 1 aromatic rings. The third-order valence-corrected chi connectivity index (χ3v) is 3.10. The largest absolute Gasteiger partial charge is 0.382 e. The third kappa shape index (κ3) is 10.5. The number of rotatable bonds is 10. The van der Waals surface area contributed by atoms with Crippen molar-refractivity contribution in [1.82, 2.24) is 10.2 Å². The van der Waals surface area contributed by atoms with Crippen LogP contribution in [-0.4, -0.2) is 57.9 Å². The molecule has 0 fully saturated rings. The van der Waals surface area contributed by atoms with Gasteiger partial charge >= 0.3 is 0 Å². The van der Waals surface area contributed by atoms with Crippen molar-refractivity contribution in [1.29, 1.82) is 0 Å². The summed E-state index contributed by atoms with van der Waals surface area (Å²) in [6.07, 6.45) is 0.914. The Balaban J connectivity index is 0.00000484. The predicted molar refractivity (Wildman–Crippen MR) is 107 cm³/mol. The molecule has 0 atom stereocenters. The maximum atomic E-state index is 5.44. The standard InChI is InChI=1S/C17H29N3O2.HI/c1-4-18-17(19-11-8-12-22-14-13-21-3)20(2)15-16-9-6-5-7-10-16;/h5-7,9-10H,4,8,11-15H2,1-3H3,(H,18,19);1H. The predicted octanol–water partition coefficient (Wildman–Crippen LogP) is 2.76. The Labute approximate surface area is 157 Å². The molecule has 0 unspecified atom stereocenters. The second-order valence-corrected chi connectivity index (χ2v) is 5.04. The Morgan fingerprint density at radius 3 is 2.57 bits per heavy atom. The summed E-state index contributed by atoms with van der Waals surface area (Å²) < 4.78 is 10.4. The summed E-state index contributed by atoms with van der Waals surface area (Å²) in [6, 6.07) is 10.4. The number of aliphatic imine (C=N–C) groups is 1. The molecule has 1 aromatic carbocycles. The van der Waals surface area contributed by atoms with Gasteiger partial charge in [0.25, 0.3) is 0 Å². The molecule has 0 aliphatic heterocycles. The molecular formula is C17H30IN3O2. The fourth-order valence-electron chi connectivity index (χ4n) is 2.00. The number of nitrogens with zero attached hydrogens (tertiary/aromatic N) is 2. The summed E-state index contributed by atoms with van der Waals surface area (Å²) in [5.41, 5.74) is 1.28. The second-order valence-electron chi connectivity index (χ2n) is 5.04. The fraction of sp³-hybridized carbons (Fsp3) is 0.588. The van der Waals surface area contributed by atoms with Crippen LogP contribution in [0.5, 0.6) is 0 Å². The van der Waals surface area contributed by atoms with Crippen molar-refractivity contribution in [3.63, 3.8) is 0 Å². The molecule has 5 nitrogen and oxygen atoms in total. The molecule has 0 saturated heterocycles. The Morgan fingerprint density at radius 1 is 1.17 bits per heavy atom. The molecule has 1 rings (SSSR count). The molecule has 23 heavy (non-hydrogen) atoms. The van der Waals surface area contributed by atoms with Crippen molar-refractivity contribution in [2.24, 2.45) is 4.99 Å². The highest BCUT2D eigenvalue weighted by Gasteiger charge is 2.05. The first-order valence-corrected chi connectivity index (χ1v) is 7.88. The minimum Gasteiger partial charge on any atom is -0.382 e. The number of nitrogens with one attached hydrogen (secondary N) is 1. The lowest BCUT2D eigenvalue weighted by molar-refractivity contribution is 0.0702. The van der Waals surface area contributed by atoms with Gasteiger partial charge in [0.15, 0.2) is 5.96 Å². The van der Waals surface area contributed by atoms with Crippen molar-refractivity contribution in [2.45, 2.75) is 19.9 Å². The number of ether oxygens (including phenoxy) is 2. The highest BCUT2D eigenvalue weighted by Crippen LogP contribution is 2.03. The lowest BCUT2D eigenvalue weighted by Crippen LogP contribution is -2.38. The van der Waals surface area contributed by atoms with Crippen LogP contribution in [-0.2, 0) is 16.0 Å². The van der Waals surface area contributed by atoms with E-state index in [2.05, 4.69) is 53.4 Å². The van der Waals surface area contributed by atoms with Gasteiger partial charge < -0.3 is 19.7 Å². The SMILES string of the molecule is CCNC(=NCCCOCCOC)N(C)Cc1ccccc1.I. The molecule has 0 aliphatic carbocycles. The maximum Gasteiger partial charge on any atom is 0.193 e. The molecule has 0 amide bonds. The summed E-state index contributed by atoms with van der Waals surface area (Å²) in [4.78, 5) is 6.79. The quantitative estimate of drug-likeness (QED) is 0.266. The Morgan fingerprint density at radius 2 is 1.91 bits per heavy atom. The van der Waals surface area contributed by atoms with E-state index in [-0.39, 0.29) is 24.0 Å². The van der Waals surface area contributed by atoms with Crippen LogP contribution in [0.1, 0.15) is 18.9 Å². The van der Waals surface area contributed by atoms with Crippen LogP contribution < -0.4 is 5.32 Å². The highest BCUT2D eigenvalue weighted by atomic mass is 127. The van der Waals surface area contributed by atoms with Crippen molar-refractivity contribution in [2.75, 3.05) is 47.1 Å². The number of guanidine groups is 1. The molecule has 0 saturated carbocycles. The van der Waals surface area contributed by atoms with Gasteiger partial charge in [-0.05, 0) is 18.9 Å². The first-order valence-electron chi connectivity index (χ1n) is 7.88. The van der Waals surface area contributed by atoms with Crippen LogP contribution in [0.2, 0.25) is 0 Å². The van der Waals surface area contributed by atoms with Crippen LogP contribution in [0.3, 0.4) is 0 Å². The average molecular weight is 435 g/mol. The van der Waals surface area contributed by atoms with Gasteiger partial charge in [0.05, 0.1) is 13.2 Å². The average Bonchev–Trinajstić information content (AvgIpc) is 2.54. The molecule has 0 radical (unpaired) electrons. The van der Waals surface area contributed by atoms with Crippen molar-refractivity contribution in [3.05, 3.63) is 35.9 Å². The van der Waals surface area contributed by atoms with E-state index in [0.717, 1.165) is 32.0 Å². The molecule has 0 spiro atoms. The Kier molecular flexibility index (Phi) is 14.2. The molecule has 1 N–H and O–H groups in total. The van der Waals surface area contributed by atoms with Gasteiger partial charge in [-0.15, -0.1) is 24.0 Å². The van der Waals surface area contributed by atoms with Crippen molar-refractivity contribution >= 4 is 29.9 Å². The zero-order valence-corrected chi connectivity index (χ0v) is 16.8. The molecule has 0 heterocycles. The van der Waals surface area contributed by atoms with E-state index in [9.17, 15) is 0 Å². The van der Waals surface area contributed by atoms with Gasteiger partial charge in [0, 0.05) is 40.4 Å². The van der Waals surface area contributed by atoms with E-state index in [0.29, 0.717) is 19.8 Å². The number of hydrogen-bond donors (Lipinski definition) is 1. The van der Waals surface area contributed by atoms with Crippen LogP contribution in [0.25, 0.3) is 0 Å². The lowest BCUT2D eigenvalue weighted by Gasteiger charge is -2.22. The van der Waals surface area contributed by atoms with Crippen LogP contribution in [0, 0.1) is 0 Å². The fourth-order valence-corrected chi connectivity index (χ4v) is 2.00. The summed E-state index contributed by atoms with van der Waals surface area (Å²) in [5, 5.41) is 3.33. The van der Waals surface area contributed by atoms with E-state index in [1.165, 1.54) is 5.56 Å². The summed E-state index contributed by atoms with van der Waals surface area (Å²) in [5.74, 6) is 0.934. The zero-order valence-electron chi connectivity index (χ0n) is 14.5. The van der Waals surface area contributed by atoms with Gasteiger partial charge in [0.2, 0.25) is 0 Å². The lowest BCUT2D eigenvalue weighted by atomic mass is 10.2. The Bertz CT molecular complexity index is 416. The van der Waals surface area contributed by atoms with Crippen LogP contribution in [0.4, 0.5) is 0 Å². The van der Waals surface area contributed by atoms with Gasteiger partial charge in [-0.2, -0.15) is 0 Å². The Hall–Kier alpha value is -0.860. The molecular weight excluding hydrogens is 405 g/mol. The number of halogens is 1. The van der Waals surface area contributed by atoms with Crippen molar-refractivity contribution in [3.8, 4) is 0 Å². The first kappa shape index (κ1) is 22.1. The van der Waals surface area contributed by atoms with E-state index < -0.39 is 0 Å².